The van der Waals surface area contributed by atoms with Gasteiger partial charge in [0.15, 0.2) is 0 Å². The van der Waals surface area contributed by atoms with Crippen LogP contribution in [0.3, 0.4) is 0 Å². The normalized spacial score (nSPS) is 11.1. The molecule has 0 amide bonds. The van der Waals surface area contributed by atoms with Crippen LogP contribution >= 0.6 is 0 Å². The summed E-state index contributed by atoms with van der Waals surface area (Å²) in [5, 5.41) is 22.3. The van der Waals surface area contributed by atoms with E-state index in [1.54, 1.807) is 0 Å². The molecule has 0 unspecified atom stereocenters. The molecule has 2 N–H and O–H groups in total. The van der Waals surface area contributed by atoms with Gasteiger partial charge in [-0.1, -0.05) is 12.1 Å². The van der Waals surface area contributed by atoms with Crippen LogP contribution in [0, 0.1) is 55.4 Å². The van der Waals surface area contributed by atoms with Crippen molar-refractivity contribution in [1.29, 1.82) is 0 Å². The van der Waals surface area contributed by atoms with E-state index in [1.165, 1.54) is 0 Å². The van der Waals surface area contributed by atoms with Crippen LogP contribution in [0.1, 0.15) is 44.5 Å². The van der Waals surface area contributed by atoms with E-state index in [1.807, 2.05) is 140 Å². The minimum absolute atomic E-state index is 0.290. The summed E-state index contributed by atoms with van der Waals surface area (Å²) in [6, 6.07) is 27.2. The van der Waals surface area contributed by atoms with Crippen molar-refractivity contribution in [2.75, 3.05) is 0 Å². The molecule has 6 aromatic carbocycles. The molecule has 6 aromatic rings. The molecule has 6 heteroatoms. The van der Waals surface area contributed by atoms with E-state index >= 15 is 0 Å². The van der Waals surface area contributed by atoms with Crippen molar-refractivity contribution in [1.82, 2.24) is 0 Å². The van der Waals surface area contributed by atoms with Gasteiger partial charge < -0.3 is 29.2 Å². The van der Waals surface area contributed by atoms with Crippen molar-refractivity contribution in [3.05, 3.63) is 129 Å². The first-order chi connectivity index (χ1) is 22.8. The highest BCUT2D eigenvalue weighted by molar-refractivity contribution is 5.85. The van der Waals surface area contributed by atoms with Crippen molar-refractivity contribution in [3.8, 4) is 57.5 Å². The number of phenolic OH excluding ortho intramolecular Hbond substituents is 2. The Morgan fingerprint density at radius 2 is 0.583 bits per heavy atom. The van der Waals surface area contributed by atoms with Crippen LogP contribution in [0.25, 0.3) is 10.8 Å². The van der Waals surface area contributed by atoms with Gasteiger partial charge in [0.2, 0.25) is 0 Å². The zero-order valence-corrected chi connectivity index (χ0v) is 28.6. The van der Waals surface area contributed by atoms with Crippen LogP contribution in [0.4, 0.5) is 0 Å². The second-order valence-corrected chi connectivity index (χ2v) is 12.7. The van der Waals surface area contributed by atoms with Crippen molar-refractivity contribution >= 4 is 10.8 Å². The third-order valence-electron chi connectivity index (χ3n) is 8.49. The van der Waals surface area contributed by atoms with Gasteiger partial charge in [-0.2, -0.15) is 0 Å². The number of hydrogen-bond donors (Lipinski definition) is 2. The van der Waals surface area contributed by atoms with E-state index in [-0.39, 0.29) is 11.5 Å². The average molecular weight is 641 g/mol. The fraction of sp³-hybridized carbons (Fsp3) is 0.190. The Bertz CT molecular complexity index is 1950. The smallest absolute Gasteiger partial charge is 0.133 e. The summed E-state index contributed by atoms with van der Waals surface area (Å²) in [7, 11) is 0. The van der Waals surface area contributed by atoms with Crippen LogP contribution in [-0.2, 0) is 0 Å². The molecule has 244 valence electrons. The van der Waals surface area contributed by atoms with Crippen molar-refractivity contribution in [2.45, 2.75) is 55.4 Å². The van der Waals surface area contributed by atoms with Crippen LogP contribution in [-0.4, -0.2) is 10.2 Å². The van der Waals surface area contributed by atoms with Crippen molar-refractivity contribution in [3.63, 3.8) is 0 Å². The van der Waals surface area contributed by atoms with Gasteiger partial charge in [-0.3, -0.25) is 0 Å². The number of ether oxygens (including phenoxy) is 4. The molecule has 0 saturated heterocycles. The maximum atomic E-state index is 10.1. The van der Waals surface area contributed by atoms with Crippen LogP contribution < -0.4 is 18.9 Å². The molecule has 0 bridgehead atoms. The Morgan fingerprint density at radius 1 is 0.312 bits per heavy atom. The SMILES string of the molecule is Cc1cc(Oc2c(C)cc(Oc3ccc4cc(Oc5cc(C)c(Oc6cc(C)c(O)c(C)c6)c(C)c5)ccc4c3)cc2C)cc(C)c1O. The van der Waals surface area contributed by atoms with Crippen LogP contribution in [0.2, 0.25) is 0 Å². The molecule has 6 rings (SSSR count). The van der Waals surface area contributed by atoms with Gasteiger partial charge in [0.1, 0.15) is 57.5 Å². The number of aromatic hydroxyl groups is 2. The van der Waals surface area contributed by atoms with Gasteiger partial charge in [-0.25, -0.2) is 0 Å². The fourth-order valence-electron chi connectivity index (χ4n) is 6.05. The maximum absolute atomic E-state index is 10.1. The summed E-state index contributed by atoms with van der Waals surface area (Å²) in [5.41, 5.74) is 6.90. The molecular weight excluding hydrogens is 600 g/mol. The molecule has 6 nitrogen and oxygen atoms in total. The third-order valence-corrected chi connectivity index (χ3v) is 8.49. The predicted octanol–water partition coefficient (Wildman–Crippen LogP) is 11.9. The average Bonchev–Trinajstić information content (AvgIpc) is 3.02. The van der Waals surface area contributed by atoms with Gasteiger partial charge in [0, 0.05) is 0 Å². The fourth-order valence-corrected chi connectivity index (χ4v) is 6.05. The standard InChI is InChI=1S/C42H40O6/c1-23-13-37(14-24(2)39(23)43)47-41-27(5)17-35(18-28(41)6)45-33-11-9-32-22-34(12-10-31(32)21-33)46-36-19-29(7)42(30(8)20-36)48-38-15-25(3)40(44)26(4)16-38/h9-22,43-44H,1-8H3. The predicted molar refractivity (Wildman–Crippen MR) is 191 cm³/mol. The number of phenols is 2. The second kappa shape index (κ2) is 12.9. The molecule has 0 radical (unpaired) electrons. The zero-order chi connectivity index (χ0) is 34.3. The minimum atomic E-state index is 0.290. The Hall–Kier alpha value is -5.62. The number of fused-ring (bicyclic) bond motifs is 1. The monoisotopic (exact) mass is 640 g/mol. The summed E-state index contributed by atoms with van der Waals surface area (Å²) < 4.78 is 25.0. The molecule has 0 fully saturated rings. The third kappa shape index (κ3) is 6.74. The summed E-state index contributed by atoms with van der Waals surface area (Å²) >= 11 is 0. The van der Waals surface area contributed by atoms with Crippen LogP contribution in [0.5, 0.6) is 57.5 Å². The van der Waals surface area contributed by atoms with Gasteiger partial charge in [-0.05, 0) is 183 Å². The lowest BCUT2D eigenvalue weighted by Gasteiger charge is -2.16. The maximum Gasteiger partial charge on any atom is 0.133 e. The van der Waals surface area contributed by atoms with E-state index in [4.69, 9.17) is 18.9 Å². The number of hydrogen-bond acceptors (Lipinski definition) is 6. The topological polar surface area (TPSA) is 77.4 Å². The largest absolute Gasteiger partial charge is 0.507 e. The van der Waals surface area contributed by atoms with E-state index in [9.17, 15) is 10.2 Å². The van der Waals surface area contributed by atoms with E-state index in [0.717, 1.165) is 89.8 Å². The Kier molecular flexibility index (Phi) is 8.67. The molecule has 0 aliphatic rings. The molecule has 0 aromatic heterocycles. The van der Waals surface area contributed by atoms with E-state index in [0.29, 0.717) is 11.5 Å². The van der Waals surface area contributed by atoms with Crippen molar-refractivity contribution in [2.24, 2.45) is 0 Å². The molecule has 0 aliphatic heterocycles. The molecular formula is C42H40O6. The Labute approximate surface area is 281 Å². The lowest BCUT2D eigenvalue weighted by Crippen LogP contribution is -1.95. The Balaban J connectivity index is 1.16. The summed E-state index contributed by atoms with van der Waals surface area (Å²) in [4.78, 5) is 0. The molecule has 0 aliphatic carbocycles. The summed E-state index contributed by atoms with van der Waals surface area (Å²) in [6.07, 6.45) is 0. The van der Waals surface area contributed by atoms with Crippen molar-refractivity contribution < 1.29 is 29.2 Å². The first-order valence-electron chi connectivity index (χ1n) is 15.9. The molecule has 0 atom stereocenters. The van der Waals surface area contributed by atoms with Crippen LogP contribution in [0.15, 0.2) is 84.9 Å². The van der Waals surface area contributed by atoms with Gasteiger partial charge in [0.25, 0.3) is 0 Å². The second-order valence-electron chi connectivity index (χ2n) is 12.7. The number of rotatable bonds is 8. The quantitative estimate of drug-likeness (QED) is 0.172. The highest BCUT2D eigenvalue weighted by atomic mass is 16.5. The van der Waals surface area contributed by atoms with E-state index in [2.05, 4.69) is 0 Å². The zero-order valence-electron chi connectivity index (χ0n) is 28.6. The highest BCUT2D eigenvalue weighted by Gasteiger charge is 2.14. The molecule has 48 heavy (non-hydrogen) atoms. The first kappa shape index (κ1) is 32.3. The molecule has 0 spiro atoms. The van der Waals surface area contributed by atoms with Gasteiger partial charge in [0.05, 0.1) is 0 Å². The lowest BCUT2D eigenvalue weighted by atomic mass is 10.1. The molecule has 0 heterocycles. The first-order valence-corrected chi connectivity index (χ1v) is 15.9. The Morgan fingerprint density at radius 3 is 0.896 bits per heavy atom. The summed E-state index contributed by atoms with van der Waals surface area (Å²) in [6.45, 7) is 15.4. The summed E-state index contributed by atoms with van der Waals surface area (Å²) in [5.74, 6) is 6.41. The van der Waals surface area contributed by atoms with Gasteiger partial charge in [-0.15, -0.1) is 0 Å². The van der Waals surface area contributed by atoms with Gasteiger partial charge >= 0.3 is 0 Å². The molecule has 0 saturated carbocycles. The minimum Gasteiger partial charge on any atom is -0.507 e. The lowest BCUT2D eigenvalue weighted by molar-refractivity contribution is 0.451. The van der Waals surface area contributed by atoms with E-state index < -0.39 is 0 Å². The number of aryl methyl sites for hydroxylation is 8. The number of benzene rings is 6. The highest BCUT2D eigenvalue weighted by Crippen LogP contribution is 2.39.